The molecule has 0 fully saturated rings. The fraction of sp³-hybridized carbons (Fsp3) is 0.682. The van der Waals surface area contributed by atoms with Gasteiger partial charge in [-0.3, -0.25) is 9.89 Å². The minimum atomic E-state index is -2.02. The summed E-state index contributed by atoms with van der Waals surface area (Å²) in [6.45, 7) is 17.5. The Morgan fingerprint density at radius 3 is 2.62 bits per heavy atom. The maximum absolute atomic E-state index is 13.4. The van der Waals surface area contributed by atoms with Gasteiger partial charge in [0.15, 0.2) is 8.32 Å². The molecule has 0 bridgehead atoms. The van der Waals surface area contributed by atoms with Crippen molar-refractivity contribution in [3.8, 4) is 0 Å². The highest BCUT2D eigenvalue weighted by molar-refractivity contribution is 6.74. The van der Waals surface area contributed by atoms with Crippen molar-refractivity contribution in [3.63, 3.8) is 0 Å². The largest absolute Gasteiger partial charge is 0.465 e. The number of carboxylic acid groups (broad SMARTS) is 1. The summed E-state index contributed by atoms with van der Waals surface area (Å²) in [6.07, 6.45) is 1.13. The summed E-state index contributed by atoms with van der Waals surface area (Å²) in [7, 11) is -0.305. The van der Waals surface area contributed by atoms with Gasteiger partial charge in [0.2, 0.25) is 0 Å². The second-order valence-electron chi connectivity index (χ2n) is 9.95. The van der Waals surface area contributed by atoms with Gasteiger partial charge in [0.25, 0.3) is 5.91 Å². The average molecular weight is 467 g/mol. The van der Waals surface area contributed by atoms with Gasteiger partial charge in [-0.15, -0.1) is 6.58 Å². The molecule has 32 heavy (non-hydrogen) atoms. The fourth-order valence-electron chi connectivity index (χ4n) is 3.31. The first-order valence-electron chi connectivity index (χ1n) is 11.0. The van der Waals surface area contributed by atoms with Crippen LogP contribution in [-0.2, 0) is 22.1 Å². The Hall–Kier alpha value is -2.17. The number of hydrogen-bond donors (Lipinski definition) is 2. The number of amides is 2. The third kappa shape index (κ3) is 5.79. The summed E-state index contributed by atoms with van der Waals surface area (Å²) in [6, 6.07) is -0.504. The van der Waals surface area contributed by atoms with E-state index in [0.717, 1.165) is 5.69 Å². The molecule has 2 amide bonds. The quantitative estimate of drug-likeness (QED) is 0.328. The van der Waals surface area contributed by atoms with Crippen LogP contribution in [0.15, 0.2) is 12.7 Å². The minimum Gasteiger partial charge on any atom is -0.465 e. The lowest BCUT2D eigenvalue weighted by molar-refractivity contribution is 0.0410. The zero-order chi connectivity index (χ0) is 24.3. The van der Waals surface area contributed by atoms with Crippen LogP contribution in [0.4, 0.5) is 4.79 Å². The summed E-state index contributed by atoms with van der Waals surface area (Å²) < 4.78 is 12.0. The van der Waals surface area contributed by atoms with Crippen LogP contribution in [-0.4, -0.2) is 84.4 Å². The van der Waals surface area contributed by atoms with E-state index < -0.39 is 14.4 Å². The molecule has 2 heterocycles. The molecular weight excluding hydrogens is 428 g/mol. The Labute approximate surface area is 191 Å². The SMILES string of the molecule is C=CCOCC(CO[Si](C)(C)C(C)(C)C)N(C)C(=O)c1[nH]nc2c1CN(C(=O)O)[C@H](C)C2. The Balaban J connectivity index is 2.22. The monoisotopic (exact) mass is 466 g/mol. The van der Waals surface area contributed by atoms with E-state index in [1.165, 1.54) is 4.90 Å². The Bertz CT molecular complexity index is 833. The van der Waals surface area contributed by atoms with Gasteiger partial charge in [0.05, 0.1) is 38.1 Å². The van der Waals surface area contributed by atoms with Crippen LogP contribution in [0.5, 0.6) is 0 Å². The first kappa shape index (κ1) is 26.1. The molecule has 0 aliphatic carbocycles. The molecule has 0 saturated heterocycles. The Kier molecular flexibility index (Phi) is 8.30. The molecule has 2 N–H and O–H groups in total. The summed E-state index contributed by atoms with van der Waals surface area (Å²) >= 11 is 0. The number of H-pyrrole nitrogens is 1. The minimum absolute atomic E-state index is 0.0432. The number of aromatic nitrogens is 2. The Morgan fingerprint density at radius 2 is 2.06 bits per heavy atom. The lowest BCUT2D eigenvalue weighted by Gasteiger charge is -2.38. The first-order chi connectivity index (χ1) is 14.8. The van der Waals surface area contributed by atoms with Crippen molar-refractivity contribution >= 4 is 20.3 Å². The van der Waals surface area contributed by atoms with Crippen LogP contribution >= 0.6 is 0 Å². The normalized spacial score (nSPS) is 17.6. The molecular formula is C22H38N4O5Si. The standard InChI is InChI=1S/C22H38N4O5Si/c1-9-10-30-13-16(14-31-32(7,8)22(3,4)5)25(6)20(27)19-17-12-26(21(28)29)15(2)11-18(17)23-24-19/h9,15-16H,1,10-14H2,2-8H3,(H,23,24)(H,28,29)/t15-,16?/m1/s1. The van der Waals surface area contributed by atoms with Crippen LogP contribution in [0.2, 0.25) is 18.1 Å². The lowest BCUT2D eigenvalue weighted by atomic mass is 9.99. The van der Waals surface area contributed by atoms with Gasteiger partial charge in [-0.1, -0.05) is 26.8 Å². The van der Waals surface area contributed by atoms with Crippen molar-refractivity contribution in [2.75, 3.05) is 26.9 Å². The van der Waals surface area contributed by atoms with Crippen LogP contribution in [0, 0.1) is 0 Å². The predicted molar refractivity (Wildman–Crippen MR) is 125 cm³/mol. The van der Waals surface area contributed by atoms with Crippen LogP contribution < -0.4 is 0 Å². The van der Waals surface area contributed by atoms with Gasteiger partial charge in [-0.25, -0.2) is 4.79 Å². The number of carbonyl (C=O) groups excluding carboxylic acids is 1. The molecule has 180 valence electrons. The van der Waals surface area contributed by atoms with Gasteiger partial charge in [-0.05, 0) is 25.1 Å². The van der Waals surface area contributed by atoms with Crippen molar-refractivity contribution in [1.29, 1.82) is 0 Å². The number of likely N-dealkylation sites (N-methyl/N-ethyl adjacent to an activating group) is 1. The van der Waals surface area contributed by atoms with Gasteiger partial charge >= 0.3 is 6.09 Å². The smallest absolute Gasteiger partial charge is 0.407 e. The summed E-state index contributed by atoms with van der Waals surface area (Å²) in [5.41, 5.74) is 1.70. The molecule has 0 saturated carbocycles. The zero-order valence-corrected chi connectivity index (χ0v) is 21.4. The molecule has 0 radical (unpaired) electrons. The molecule has 0 aromatic carbocycles. The lowest BCUT2D eigenvalue weighted by Crippen LogP contribution is -2.49. The van der Waals surface area contributed by atoms with Crippen molar-refractivity contribution in [2.24, 2.45) is 0 Å². The van der Waals surface area contributed by atoms with Gasteiger partial charge in [0.1, 0.15) is 5.69 Å². The number of aromatic amines is 1. The molecule has 0 spiro atoms. The van der Waals surface area contributed by atoms with E-state index >= 15 is 0 Å². The summed E-state index contributed by atoms with van der Waals surface area (Å²) in [5, 5.41) is 16.7. The Morgan fingerprint density at radius 1 is 1.41 bits per heavy atom. The molecule has 9 nitrogen and oxygen atoms in total. The van der Waals surface area contributed by atoms with Crippen LogP contribution in [0.3, 0.4) is 0 Å². The fourth-order valence-corrected chi connectivity index (χ4v) is 4.36. The number of rotatable bonds is 9. The van der Waals surface area contributed by atoms with Gasteiger partial charge in [-0.2, -0.15) is 5.10 Å². The highest BCUT2D eigenvalue weighted by atomic mass is 28.4. The summed E-state index contributed by atoms with van der Waals surface area (Å²) in [5.74, 6) is -0.260. The molecule has 1 unspecified atom stereocenters. The van der Waals surface area contributed by atoms with E-state index in [1.807, 2.05) is 6.92 Å². The topological polar surface area (TPSA) is 108 Å². The predicted octanol–water partition coefficient (Wildman–Crippen LogP) is 3.50. The number of carbonyl (C=O) groups is 2. The molecule has 2 atom stereocenters. The second kappa shape index (κ2) is 10.2. The molecule has 1 aliphatic rings. The van der Waals surface area contributed by atoms with Crippen molar-refractivity contribution in [2.45, 2.75) is 70.9 Å². The second-order valence-corrected chi connectivity index (χ2v) is 14.8. The zero-order valence-electron chi connectivity index (χ0n) is 20.4. The molecule has 1 aromatic heterocycles. The van der Waals surface area contributed by atoms with E-state index in [1.54, 1.807) is 18.0 Å². The molecule has 1 aromatic rings. The van der Waals surface area contributed by atoms with E-state index in [2.05, 4.69) is 50.6 Å². The van der Waals surface area contributed by atoms with E-state index in [-0.39, 0.29) is 29.6 Å². The highest BCUT2D eigenvalue weighted by Crippen LogP contribution is 2.36. The van der Waals surface area contributed by atoms with Crippen molar-refractivity contribution < 1.29 is 23.9 Å². The van der Waals surface area contributed by atoms with Crippen molar-refractivity contribution in [1.82, 2.24) is 20.0 Å². The van der Waals surface area contributed by atoms with Gasteiger partial charge in [0, 0.05) is 25.1 Å². The molecule has 10 heteroatoms. The highest BCUT2D eigenvalue weighted by Gasteiger charge is 2.39. The maximum atomic E-state index is 13.4. The number of nitrogens with one attached hydrogen (secondary N) is 1. The van der Waals surface area contributed by atoms with Crippen LogP contribution in [0.1, 0.15) is 49.4 Å². The molecule has 2 rings (SSSR count). The van der Waals surface area contributed by atoms with Gasteiger partial charge < -0.3 is 24.1 Å². The number of hydrogen-bond acceptors (Lipinski definition) is 5. The van der Waals surface area contributed by atoms with E-state index in [4.69, 9.17) is 9.16 Å². The third-order valence-electron chi connectivity index (χ3n) is 6.62. The number of fused-ring (bicyclic) bond motifs is 1. The maximum Gasteiger partial charge on any atom is 0.407 e. The van der Waals surface area contributed by atoms with Crippen LogP contribution in [0.25, 0.3) is 0 Å². The first-order valence-corrected chi connectivity index (χ1v) is 13.9. The average Bonchev–Trinajstić information content (AvgIpc) is 3.10. The van der Waals surface area contributed by atoms with E-state index in [9.17, 15) is 14.7 Å². The van der Waals surface area contributed by atoms with E-state index in [0.29, 0.717) is 37.5 Å². The summed E-state index contributed by atoms with van der Waals surface area (Å²) in [4.78, 5) is 27.9. The molecule has 1 aliphatic heterocycles. The van der Waals surface area contributed by atoms with Crippen molar-refractivity contribution in [3.05, 3.63) is 29.6 Å². The number of nitrogens with zero attached hydrogens (tertiary/aromatic N) is 3. The number of ether oxygens (including phenoxy) is 1. The third-order valence-corrected chi connectivity index (χ3v) is 11.1.